The molecule has 1 aliphatic heterocycles. The molecule has 3 N–H and O–H groups in total. The summed E-state index contributed by atoms with van der Waals surface area (Å²) >= 11 is 0. The predicted octanol–water partition coefficient (Wildman–Crippen LogP) is 2.36. The van der Waals surface area contributed by atoms with Crippen molar-refractivity contribution in [2.75, 3.05) is 6.54 Å². The summed E-state index contributed by atoms with van der Waals surface area (Å²) in [5.74, 6) is 1.27. The van der Waals surface area contributed by atoms with E-state index in [1.54, 1.807) is 0 Å². The summed E-state index contributed by atoms with van der Waals surface area (Å²) in [7, 11) is 0. The van der Waals surface area contributed by atoms with E-state index in [0.717, 1.165) is 18.4 Å². The summed E-state index contributed by atoms with van der Waals surface area (Å²) in [6, 6.07) is 1.25. The molecule has 1 saturated carbocycles. The minimum Gasteiger partial charge on any atom is -0.388 e. The van der Waals surface area contributed by atoms with E-state index in [9.17, 15) is 0 Å². The van der Waals surface area contributed by atoms with Crippen molar-refractivity contribution in [3.8, 4) is 0 Å². The minimum atomic E-state index is 0.338. The molecule has 1 saturated heterocycles. The van der Waals surface area contributed by atoms with Crippen LogP contribution in [0, 0.1) is 11.3 Å². The van der Waals surface area contributed by atoms with E-state index < -0.39 is 0 Å². The molecular formula is C13H25N3. The normalized spacial score (nSPS) is 33.1. The van der Waals surface area contributed by atoms with Crippen LogP contribution in [0.5, 0.6) is 0 Å². The molecule has 0 radical (unpaired) electrons. The van der Waals surface area contributed by atoms with E-state index in [0.29, 0.717) is 11.9 Å². The molecule has 3 heteroatoms. The molecule has 1 aliphatic carbocycles. The number of nitrogens with zero attached hydrogens (tertiary/aromatic N) is 1. The SMILES string of the molecule is CC(CC(=N)N)N1CCC[C@H]2CCCC[C@H]21. The maximum absolute atomic E-state index is 7.43. The van der Waals surface area contributed by atoms with Crippen LogP contribution in [0.15, 0.2) is 0 Å². The largest absolute Gasteiger partial charge is 0.388 e. The van der Waals surface area contributed by atoms with Crippen molar-refractivity contribution in [2.45, 2.75) is 64.0 Å². The molecule has 2 rings (SSSR count). The second kappa shape index (κ2) is 5.17. The molecule has 3 atom stereocenters. The van der Waals surface area contributed by atoms with Crippen molar-refractivity contribution in [1.82, 2.24) is 4.90 Å². The Morgan fingerprint density at radius 1 is 1.31 bits per heavy atom. The van der Waals surface area contributed by atoms with Gasteiger partial charge in [0.25, 0.3) is 0 Å². The molecule has 0 spiro atoms. The van der Waals surface area contributed by atoms with Gasteiger partial charge in [0.15, 0.2) is 0 Å². The number of nitrogens with one attached hydrogen (secondary N) is 1. The standard InChI is InChI=1S/C13H25N3/c1-10(9-13(14)15)16-8-4-6-11-5-2-3-7-12(11)16/h10-12H,2-9H2,1H3,(H3,14,15)/t10?,11-,12-/m1/s1. The fourth-order valence-corrected chi connectivity index (χ4v) is 3.65. The summed E-state index contributed by atoms with van der Waals surface area (Å²) in [5, 5.41) is 7.43. The molecule has 0 amide bonds. The molecular weight excluding hydrogens is 198 g/mol. The van der Waals surface area contributed by atoms with E-state index in [2.05, 4.69) is 11.8 Å². The average molecular weight is 223 g/mol. The van der Waals surface area contributed by atoms with Gasteiger partial charge >= 0.3 is 0 Å². The first-order valence-electron chi connectivity index (χ1n) is 6.77. The first kappa shape index (κ1) is 11.9. The average Bonchev–Trinajstić information content (AvgIpc) is 2.27. The molecule has 0 aromatic carbocycles. The Kier molecular flexibility index (Phi) is 3.85. The Morgan fingerprint density at radius 2 is 2.00 bits per heavy atom. The summed E-state index contributed by atoms with van der Waals surface area (Å²) in [6.45, 7) is 3.45. The number of piperidine rings is 1. The summed E-state index contributed by atoms with van der Waals surface area (Å²) < 4.78 is 0. The van der Waals surface area contributed by atoms with Crippen LogP contribution in [0.25, 0.3) is 0 Å². The molecule has 92 valence electrons. The zero-order valence-corrected chi connectivity index (χ0v) is 10.4. The van der Waals surface area contributed by atoms with Crippen LogP contribution < -0.4 is 5.73 Å². The van der Waals surface area contributed by atoms with Crippen LogP contribution in [0.2, 0.25) is 0 Å². The molecule has 16 heavy (non-hydrogen) atoms. The molecule has 2 aliphatic rings. The summed E-state index contributed by atoms with van der Waals surface area (Å²) in [4.78, 5) is 2.63. The maximum atomic E-state index is 7.43. The summed E-state index contributed by atoms with van der Waals surface area (Å²) in [5.41, 5.74) is 5.52. The third-order valence-electron chi connectivity index (χ3n) is 4.37. The molecule has 3 nitrogen and oxygen atoms in total. The van der Waals surface area contributed by atoms with E-state index in [4.69, 9.17) is 11.1 Å². The zero-order valence-electron chi connectivity index (χ0n) is 10.4. The Hall–Kier alpha value is -0.570. The third kappa shape index (κ3) is 2.57. The van der Waals surface area contributed by atoms with Gasteiger partial charge in [0.2, 0.25) is 0 Å². The summed E-state index contributed by atoms with van der Waals surface area (Å²) in [6.07, 6.45) is 9.11. The molecule has 1 unspecified atom stereocenters. The smallest absolute Gasteiger partial charge is 0.0920 e. The monoisotopic (exact) mass is 223 g/mol. The topological polar surface area (TPSA) is 53.1 Å². The maximum Gasteiger partial charge on any atom is 0.0920 e. The number of hydrogen-bond acceptors (Lipinski definition) is 2. The van der Waals surface area contributed by atoms with E-state index in [-0.39, 0.29) is 0 Å². The van der Waals surface area contributed by atoms with Crippen molar-refractivity contribution < 1.29 is 0 Å². The first-order valence-corrected chi connectivity index (χ1v) is 6.77. The lowest BCUT2D eigenvalue weighted by Crippen LogP contribution is -2.51. The van der Waals surface area contributed by atoms with E-state index in [1.807, 2.05) is 0 Å². The van der Waals surface area contributed by atoms with Crippen LogP contribution in [-0.4, -0.2) is 29.4 Å². The first-order chi connectivity index (χ1) is 7.68. The van der Waals surface area contributed by atoms with Gasteiger partial charge < -0.3 is 5.73 Å². The highest BCUT2D eigenvalue weighted by Gasteiger charge is 2.35. The fourth-order valence-electron chi connectivity index (χ4n) is 3.65. The quantitative estimate of drug-likeness (QED) is 0.570. The minimum absolute atomic E-state index is 0.338. The van der Waals surface area contributed by atoms with Crippen molar-refractivity contribution in [1.29, 1.82) is 5.41 Å². The van der Waals surface area contributed by atoms with Crippen LogP contribution in [0.3, 0.4) is 0 Å². The van der Waals surface area contributed by atoms with Gasteiger partial charge in [-0.25, -0.2) is 0 Å². The van der Waals surface area contributed by atoms with Crippen molar-refractivity contribution in [2.24, 2.45) is 11.7 Å². The molecule has 0 bridgehead atoms. The highest BCUT2D eigenvalue weighted by molar-refractivity contribution is 5.77. The fraction of sp³-hybridized carbons (Fsp3) is 0.923. The Morgan fingerprint density at radius 3 is 2.75 bits per heavy atom. The lowest BCUT2D eigenvalue weighted by Gasteiger charge is -2.47. The van der Waals surface area contributed by atoms with Gasteiger partial charge in [0.1, 0.15) is 0 Å². The van der Waals surface area contributed by atoms with Crippen LogP contribution >= 0.6 is 0 Å². The van der Waals surface area contributed by atoms with Gasteiger partial charge in [-0.3, -0.25) is 10.3 Å². The van der Waals surface area contributed by atoms with E-state index >= 15 is 0 Å². The number of nitrogens with two attached hydrogens (primary N) is 1. The lowest BCUT2D eigenvalue weighted by atomic mass is 9.77. The highest BCUT2D eigenvalue weighted by Crippen LogP contribution is 2.36. The number of likely N-dealkylation sites (tertiary alicyclic amines) is 1. The van der Waals surface area contributed by atoms with Crippen molar-refractivity contribution in [3.05, 3.63) is 0 Å². The van der Waals surface area contributed by atoms with Crippen LogP contribution in [0.4, 0.5) is 0 Å². The highest BCUT2D eigenvalue weighted by atomic mass is 15.2. The second-order valence-corrected chi connectivity index (χ2v) is 5.57. The Balaban J connectivity index is 1.98. The van der Waals surface area contributed by atoms with Crippen molar-refractivity contribution in [3.63, 3.8) is 0 Å². The van der Waals surface area contributed by atoms with Gasteiger partial charge in [-0.05, 0) is 45.1 Å². The van der Waals surface area contributed by atoms with Crippen molar-refractivity contribution >= 4 is 5.84 Å². The number of rotatable bonds is 3. The molecule has 1 heterocycles. The Labute approximate surface area is 98.9 Å². The molecule has 2 fully saturated rings. The molecule has 0 aromatic rings. The molecule has 0 aromatic heterocycles. The second-order valence-electron chi connectivity index (χ2n) is 5.57. The van der Waals surface area contributed by atoms with Gasteiger partial charge in [0.05, 0.1) is 5.84 Å². The van der Waals surface area contributed by atoms with Gasteiger partial charge in [-0.2, -0.15) is 0 Å². The Bertz CT molecular complexity index is 250. The van der Waals surface area contributed by atoms with Gasteiger partial charge in [-0.15, -0.1) is 0 Å². The van der Waals surface area contributed by atoms with Crippen LogP contribution in [0.1, 0.15) is 51.9 Å². The van der Waals surface area contributed by atoms with Gasteiger partial charge in [-0.1, -0.05) is 12.8 Å². The predicted molar refractivity (Wildman–Crippen MR) is 67.7 cm³/mol. The third-order valence-corrected chi connectivity index (χ3v) is 4.37. The number of amidine groups is 1. The van der Waals surface area contributed by atoms with Gasteiger partial charge in [0, 0.05) is 18.5 Å². The van der Waals surface area contributed by atoms with E-state index in [1.165, 1.54) is 45.1 Å². The lowest BCUT2D eigenvalue weighted by molar-refractivity contribution is 0.0335. The number of fused-ring (bicyclic) bond motifs is 1. The van der Waals surface area contributed by atoms with Crippen LogP contribution in [-0.2, 0) is 0 Å². The zero-order chi connectivity index (χ0) is 11.5. The number of hydrogen-bond donors (Lipinski definition) is 2.